The van der Waals surface area contributed by atoms with Crippen LogP contribution in [0.4, 0.5) is 5.69 Å². The number of rotatable bonds is 19. The van der Waals surface area contributed by atoms with Crippen LogP contribution in [-0.4, -0.2) is 99.5 Å². The second kappa shape index (κ2) is 19.0. The van der Waals surface area contributed by atoms with Crippen molar-refractivity contribution < 1.29 is 38.9 Å². The number of likely N-dealkylation sites (N-methyl/N-ethyl adjacent to an activating group) is 2. The first-order valence-corrected chi connectivity index (χ1v) is 18.5. The Morgan fingerprint density at radius 2 is 1.67 bits per heavy atom. The third-order valence-corrected chi connectivity index (χ3v) is 10.8. The minimum Gasteiger partial charge on any atom is -0.506 e. The molecule has 0 bridgehead atoms. The van der Waals surface area contributed by atoms with E-state index in [1.807, 2.05) is 27.7 Å². The first-order valence-electron chi connectivity index (χ1n) is 17.6. The minimum atomic E-state index is -1.01. The van der Waals surface area contributed by atoms with Gasteiger partial charge in [-0.05, 0) is 70.3 Å². The molecule has 0 spiro atoms. The van der Waals surface area contributed by atoms with Gasteiger partial charge in [0.05, 0.1) is 17.1 Å². The van der Waals surface area contributed by atoms with Crippen LogP contribution in [0.2, 0.25) is 0 Å². The number of ether oxygens (including phenoxy) is 1. The number of hydrogen-bond donors (Lipinski definition) is 5. The van der Waals surface area contributed by atoms with E-state index in [0.29, 0.717) is 17.0 Å². The second-order valence-electron chi connectivity index (χ2n) is 14.7. The maximum atomic E-state index is 14.1. The number of aromatic nitrogens is 1. The van der Waals surface area contributed by atoms with Gasteiger partial charge in [-0.3, -0.25) is 28.9 Å². The molecule has 6 atom stereocenters. The molecule has 3 amide bonds. The van der Waals surface area contributed by atoms with Crippen LogP contribution in [0.3, 0.4) is 0 Å². The largest absolute Gasteiger partial charge is 0.506 e. The second-order valence-corrected chi connectivity index (χ2v) is 15.6. The summed E-state index contributed by atoms with van der Waals surface area (Å²) in [6.45, 7) is 14.2. The third kappa shape index (κ3) is 11.9. The Morgan fingerprint density at radius 1 is 1.04 bits per heavy atom. The number of esters is 1. The normalized spacial score (nSPS) is 15.2. The van der Waals surface area contributed by atoms with Crippen LogP contribution in [0.15, 0.2) is 23.6 Å². The average molecular weight is 747 g/mol. The summed E-state index contributed by atoms with van der Waals surface area (Å²) in [7, 11) is 5.28. The van der Waals surface area contributed by atoms with E-state index in [-0.39, 0.29) is 60.0 Å². The summed E-state index contributed by atoms with van der Waals surface area (Å²) in [6.07, 6.45) is 0.314. The highest BCUT2D eigenvalue weighted by Crippen LogP contribution is 2.31. The van der Waals surface area contributed by atoms with Gasteiger partial charge in [0.2, 0.25) is 11.8 Å². The van der Waals surface area contributed by atoms with Crippen LogP contribution in [0, 0.1) is 17.8 Å². The fourth-order valence-electron chi connectivity index (χ4n) is 5.62. The maximum Gasteiger partial charge on any atom is 0.306 e. The van der Waals surface area contributed by atoms with Crippen LogP contribution in [0.25, 0.3) is 0 Å². The number of aromatic hydroxyl groups is 1. The minimum absolute atomic E-state index is 0.0592. The molecule has 0 aliphatic heterocycles. The quantitative estimate of drug-likeness (QED) is 0.0782. The summed E-state index contributed by atoms with van der Waals surface area (Å²) in [5, 5.41) is 27.1. The monoisotopic (exact) mass is 746 g/mol. The lowest BCUT2D eigenvalue weighted by molar-refractivity contribution is -0.149. The fourth-order valence-corrected chi connectivity index (χ4v) is 6.46. The molecule has 0 fully saturated rings. The molecule has 0 aliphatic carbocycles. The van der Waals surface area contributed by atoms with Gasteiger partial charge in [-0.2, -0.15) is 0 Å². The SMILES string of the molecule is CC[C@H](C)[C@H](NC(=O)C(C)(C)N(C)C)C(=O)N(C)[C@H](C[C@@H](OC(C)=O)c1nc(C(=O)N[C@@H](Cc2ccc(O)c(N)c2)CC(C)C(=O)O)cs1)C(C)C. The van der Waals surface area contributed by atoms with Crippen LogP contribution >= 0.6 is 11.3 Å². The van der Waals surface area contributed by atoms with Crippen molar-refractivity contribution in [3.8, 4) is 5.75 Å². The molecule has 0 aliphatic rings. The van der Waals surface area contributed by atoms with Crippen molar-refractivity contribution in [2.45, 2.75) is 111 Å². The topological polar surface area (TPSA) is 204 Å². The molecular formula is C37H58N6O8S. The Balaban J connectivity index is 2.37. The fraction of sp³-hybridized carbons (Fsp3) is 0.622. The lowest BCUT2D eigenvalue weighted by atomic mass is 9.92. The number of carboxylic acid groups (broad SMARTS) is 1. The summed E-state index contributed by atoms with van der Waals surface area (Å²) in [4.78, 5) is 72.8. The van der Waals surface area contributed by atoms with E-state index in [1.165, 1.54) is 18.4 Å². The third-order valence-electron chi connectivity index (χ3n) is 9.82. The molecule has 1 aromatic carbocycles. The molecule has 2 rings (SSSR count). The van der Waals surface area contributed by atoms with Gasteiger partial charge < -0.3 is 36.2 Å². The zero-order valence-corrected chi connectivity index (χ0v) is 33.2. The van der Waals surface area contributed by atoms with E-state index in [4.69, 9.17) is 10.5 Å². The lowest BCUT2D eigenvalue weighted by Gasteiger charge is -2.38. The molecule has 15 heteroatoms. The number of phenolic OH excluding ortho intramolecular Hbond substituents is 1. The summed E-state index contributed by atoms with van der Waals surface area (Å²) in [5.74, 6) is -3.76. The van der Waals surface area contributed by atoms with Crippen LogP contribution in [-0.2, 0) is 30.3 Å². The van der Waals surface area contributed by atoms with E-state index in [9.17, 15) is 34.2 Å². The zero-order valence-electron chi connectivity index (χ0n) is 32.4. The molecule has 290 valence electrons. The molecule has 52 heavy (non-hydrogen) atoms. The van der Waals surface area contributed by atoms with Crippen molar-refractivity contribution in [2.75, 3.05) is 26.9 Å². The van der Waals surface area contributed by atoms with Gasteiger partial charge in [-0.15, -0.1) is 11.3 Å². The Hall–Kier alpha value is -4.24. The maximum absolute atomic E-state index is 14.1. The zero-order chi connectivity index (χ0) is 39.7. The van der Waals surface area contributed by atoms with E-state index in [1.54, 1.807) is 63.8 Å². The van der Waals surface area contributed by atoms with Gasteiger partial charge in [0.1, 0.15) is 22.5 Å². The number of aliphatic carboxylic acids is 1. The van der Waals surface area contributed by atoms with Crippen molar-refractivity contribution >= 4 is 46.7 Å². The molecule has 1 aromatic heterocycles. The summed E-state index contributed by atoms with van der Waals surface area (Å²) >= 11 is 1.13. The van der Waals surface area contributed by atoms with E-state index < -0.39 is 53.5 Å². The molecule has 0 radical (unpaired) electrons. The van der Waals surface area contributed by atoms with E-state index >= 15 is 0 Å². The van der Waals surface area contributed by atoms with Gasteiger partial charge in [0.25, 0.3) is 5.91 Å². The number of carbonyl (C=O) groups excluding carboxylic acids is 4. The number of carboxylic acids is 1. The summed E-state index contributed by atoms with van der Waals surface area (Å²) in [6, 6.07) is 2.82. The Bertz CT molecular complexity index is 1560. The van der Waals surface area contributed by atoms with Crippen molar-refractivity contribution in [3.63, 3.8) is 0 Å². The van der Waals surface area contributed by atoms with Crippen molar-refractivity contribution in [2.24, 2.45) is 17.8 Å². The Morgan fingerprint density at radius 3 is 2.19 bits per heavy atom. The number of benzene rings is 1. The molecule has 1 heterocycles. The Kier molecular flexibility index (Phi) is 16.1. The molecular weight excluding hydrogens is 689 g/mol. The number of nitrogens with zero attached hydrogens (tertiary/aromatic N) is 3. The molecule has 1 unspecified atom stereocenters. The van der Waals surface area contributed by atoms with Gasteiger partial charge in [0.15, 0.2) is 6.10 Å². The number of nitrogen functional groups attached to an aromatic ring is 1. The van der Waals surface area contributed by atoms with Gasteiger partial charge in [-0.1, -0.05) is 47.1 Å². The number of anilines is 1. The Labute approximate surface area is 311 Å². The standard InChI is InChI=1S/C37H58N6O8S/c1-12-21(4)31(41-36(50)37(7,8)42(9)10)34(47)43(11)28(20(2)3)18-30(51-23(6)44)33-40-27(19-52-33)32(46)39-25(15-22(5)35(48)49)16-24-13-14-29(45)26(38)17-24/h13-14,17,19-22,25,28,30-31,45H,12,15-16,18,38H2,1-11H3,(H,39,46)(H,41,50)(H,48,49)/t21-,22?,25+,28+,30+,31-/m0/s1. The van der Waals surface area contributed by atoms with Crippen LogP contribution < -0.4 is 16.4 Å². The average Bonchev–Trinajstić information content (AvgIpc) is 3.56. The van der Waals surface area contributed by atoms with Crippen LogP contribution in [0.1, 0.15) is 102 Å². The van der Waals surface area contributed by atoms with Crippen molar-refractivity contribution in [1.29, 1.82) is 0 Å². The predicted molar refractivity (Wildman–Crippen MR) is 201 cm³/mol. The number of nitrogens with one attached hydrogen (secondary N) is 2. The van der Waals surface area contributed by atoms with Crippen molar-refractivity contribution in [1.82, 2.24) is 25.4 Å². The van der Waals surface area contributed by atoms with Crippen LogP contribution in [0.5, 0.6) is 5.75 Å². The highest BCUT2D eigenvalue weighted by atomic mass is 32.1. The number of thiazole rings is 1. The van der Waals surface area contributed by atoms with Gasteiger partial charge in [0, 0.05) is 37.9 Å². The number of amides is 3. The van der Waals surface area contributed by atoms with E-state index in [0.717, 1.165) is 11.3 Å². The van der Waals surface area contributed by atoms with Gasteiger partial charge in [-0.25, -0.2) is 4.98 Å². The lowest BCUT2D eigenvalue weighted by Crippen LogP contribution is -2.60. The first-order chi connectivity index (χ1) is 24.1. The number of hydrogen-bond acceptors (Lipinski definition) is 11. The first kappa shape index (κ1) is 43.9. The molecule has 6 N–H and O–H groups in total. The highest BCUT2D eigenvalue weighted by molar-refractivity contribution is 7.09. The predicted octanol–water partition coefficient (Wildman–Crippen LogP) is 4.23. The highest BCUT2D eigenvalue weighted by Gasteiger charge is 2.38. The van der Waals surface area contributed by atoms with E-state index in [2.05, 4.69) is 15.6 Å². The number of phenols is 1. The molecule has 0 saturated heterocycles. The molecule has 2 aromatic rings. The number of carbonyl (C=O) groups is 5. The summed E-state index contributed by atoms with van der Waals surface area (Å²) in [5.41, 5.74) is 5.92. The molecule has 14 nitrogen and oxygen atoms in total. The van der Waals surface area contributed by atoms with Crippen molar-refractivity contribution in [3.05, 3.63) is 39.8 Å². The summed E-state index contributed by atoms with van der Waals surface area (Å²) < 4.78 is 5.73. The molecule has 0 saturated carbocycles. The van der Waals surface area contributed by atoms with Gasteiger partial charge >= 0.3 is 11.9 Å². The number of nitrogens with two attached hydrogens (primary N) is 1. The smallest absolute Gasteiger partial charge is 0.306 e.